The fourth-order valence-corrected chi connectivity index (χ4v) is 4.14. The Kier molecular flexibility index (Phi) is 4.82. The molecule has 0 aromatic heterocycles. The molecule has 5 nitrogen and oxygen atoms in total. The summed E-state index contributed by atoms with van der Waals surface area (Å²) in [4.78, 5) is 13.5. The maximum absolute atomic E-state index is 13.4. The Morgan fingerprint density at radius 3 is 2.76 bits per heavy atom. The highest BCUT2D eigenvalue weighted by Gasteiger charge is 2.32. The lowest BCUT2D eigenvalue weighted by atomic mass is 10.2. The minimum absolute atomic E-state index is 0.0377. The fourth-order valence-electron chi connectivity index (χ4n) is 2.37. The summed E-state index contributed by atoms with van der Waals surface area (Å²) in [6, 6.07) is 6.02. The molecule has 1 amide bonds. The van der Waals surface area contributed by atoms with Crippen molar-refractivity contribution in [1.82, 2.24) is 4.90 Å². The molecular weight excluding hydrogens is 295 g/mol. The van der Waals surface area contributed by atoms with Gasteiger partial charge in [-0.05, 0) is 18.6 Å². The van der Waals surface area contributed by atoms with Gasteiger partial charge in [-0.3, -0.25) is 4.79 Å². The fraction of sp³-hybridized carbons (Fsp3) is 0.500. The quantitative estimate of drug-likeness (QED) is 0.889. The van der Waals surface area contributed by atoms with Gasteiger partial charge in [0.25, 0.3) is 0 Å². The predicted molar refractivity (Wildman–Crippen MR) is 79.3 cm³/mol. The molecule has 0 bridgehead atoms. The highest BCUT2D eigenvalue weighted by atomic mass is 32.2. The molecule has 1 N–H and O–H groups in total. The van der Waals surface area contributed by atoms with Gasteiger partial charge >= 0.3 is 0 Å². The zero-order chi connectivity index (χ0) is 15.5. The lowest BCUT2D eigenvalue weighted by Gasteiger charge is -2.23. The first-order valence-electron chi connectivity index (χ1n) is 6.83. The zero-order valence-electron chi connectivity index (χ0n) is 11.9. The monoisotopic (exact) mass is 314 g/mol. The first-order chi connectivity index (χ1) is 9.89. The maximum Gasteiger partial charge on any atom is 0.224 e. The minimum Gasteiger partial charge on any atom is -0.382 e. The lowest BCUT2D eigenvalue weighted by molar-refractivity contribution is -0.131. The molecule has 0 aliphatic carbocycles. The number of hydrogen-bond acceptors (Lipinski definition) is 4. The van der Waals surface area contributed by atoms with Crippen molar-refractivity contribution in [3.63, 3.8) is 0 Å². The highest BCUT2D eigenvalue weighted by molar-refractivity contribution is 7.91. The molecule has 1 aliphatic rings. The second-order valence-electron chi connectivity index (χ2n) is 5.22. The summed E-state index contributed by atoms with van der Waals surface area (Å²) in [6.45, 7) is 0.309. The van der Waals surface area contributed by atoms with Gasteiger partial charge < -0.3 is 10.2 Å². The van der Waals surface area contributed by atoms with E-state index in [1.54, 1.807) is 25.2 Å². The van der Waals surface area contributed by atoms with E-state index in [4.69, 9.17) is 0 Å². The van der Waals surface area contributed by atoms with Gasteiger partial charge in [-0.25, -0.2) is 12.8 Å². The van der Waals surface area contributed by atoms with E-state index >= 15 is 0 Å². The molecule has 1 aliphatic heterocycles. The number of carbonyl (C=O) groups excluding carboxylic acids is 1. The molecule has 116 valence electrons. The first-order valence-corrected chi connectivity index (χ1v) is 8.66. The van der Waals surface area contributed by atoms with Crippen LogP contribution in [0.3, 0.4) is 0 Å². The van der Waals surface area contributed by atoms with Crippen LogP contribution in [0.4, 0.5) is 10.1 Å². The van der Waals surface area contributed by atoms with E-state index in [2.05, 4.69) is 5.32 Å². The van der Waals surface area contributed by atoms with Gasteiger partial charge in [0, 0.05) is 26.1 Å². The summed E-state index contributed by atoms with van der Waals surface area (Å²) < 4.78 is 36.2. The van der Waals surface area contributed by atoms with Crippen LogP contribution >= 0.6 is 0 Å². The van der Waals surface area contributed by atoms with Gasteiger partial charge in [-0.15, -0.1) is 0 Å². The van der Waals surface area contributed by atoms with Crippen molar-refractivity contribution >= 4 is 21.4 Å². The van der Waals surface area contributed by atoms with Crippen molar-refractivity contribution in [3.8, 4) is 0 Å². The van der Waals surface area contributed by atoms with Gasteiger partial charge in [0.1, 0.15) is 5.82 Å². The highest BCUT2D eigenvalue weighted by Crippen LogP contribution is 2.17. The standard InChI is InChI=1S/C14H19FN2O3S/c1-17(11-7-9-21(19,20)10-11)14(18)6-8-16-13-5-3-2-4-12(13)15/h2-5,11,16H,6-10H2,1H3. The summed E-state index contributed by atoms with van der Waals surface area (Å²) in [5.41, 5.74) is 0.358. The number of amides is 1. The van der Waals surface area contributed by atoms with E-state index < -0.39 is 9.84 Å². The summed E-state index contributed by atoms with van der Waals surface area (Å²) in [5.74, 6) is -0.320. The van der Waals surface area contributed by atoms with Gasteiger partial charge in [0.15, 0.2) is 9.84 Å². The number of benzene rings is 1. The summed E-state index contributed by atoms with van der Waals surface area (Å²) in [6.07, 6.45) is 0.687. The van der Waals surface area contributed by atoms with E-state index in [1.807, 2.05) is 0 Å². The summed E-state index contributed by atoms with van der Waals surface area (Å²) in [7, 11) is -1.38. The number of carbonyl (C=O) groups is 1. The van der Waals surface area contributed by atoms with Crippen LogP contribution in [-0.4, -0.2) is 50.4 Å². The van der Waals surface area contributed by atoms with Crippen LogP contribution in [0.15, 0.2) is 24.3 Å². The van der Waals surface area contributed by atoms with E-state index in [0.717, 1.165) is 0 Å². The van der Waals surface area contributed by atoms with E-state index in [0.29, 0.717) is 18.7 Å². The average Bonchev–Trinajstić information content (AvgIpc) is 2.80. The van der Waals surface area contributed by atoms with Crippen LogP contribution in [0.25, 0.3) is 0 Å². The van der Waals surface area contributed by atoms with Crippen molar-refractivity contribution in [2.24, 2.45) is 0 Å². The van der Waals surface area contributed by atoms with Gasteiger partial charge in [0.05, 0.1) is 17.2 Å². The maximum atomic E-state index is 13.4. The molecule has 1 heterocycles. The Morgan fingerprint density at radius 1 is 1.43 bits per heavy atom. The number of anilines is 1. The third-order valence-electron chi connectivity index (χ3n) is 3.68. The van der Waals surface area contributed by atoms with Gasteiger partial charge in [-0.1, -0.05) is 12.1 Å². The van der Waals surface area contributed by atoms with Crippen LogP contribution in [-0.2, 0) is 14.6 Å². The number of para-hydroxylation sites is 1. The van der Waals surface area contributed by atoms with Gasteiger partial charge in [-0.2, -0.15) is 0 Å². The molecule has 21 heavy (non-hydrogen) atoms. The number of halogens is 1. The van der Waals surface area contributed by atoms with Crippen molar-refractivity contribution in [3.05, 3.63) is 30.1 Å². The molecule has 1 aromatic rings. The SMILES string of the molecule is CN(C(=O)CCNc1ccccc1F)C1CCS(=O)(=O)C1. The molecule has 0 spiro atoms. The Balaban J connectivity index is 1.81. The largest absolute Gasteiger partial charge is 0.382 e. The molecule has 2 rings (SSSR count). The molecule has 1 aromatic carbocycles. The average molecular weight is 314 g/mol. The Labute approximate surface area is 124 Å². The van der Waals surface area contributed by atoms with Crippen molar-refractivity contribution in [2.75, 3.05) is 30.4 Å². The lowest BCUT2D eigenvalue weighted by Crippen LogP contribution is -2.38. The van der Waals surface area contributed by atoms with E-state index in [9.17, 15) is 17.6 Å². The smallest absolute Gasteiger partial charge is 0.224 e. The van der Waals surface area contributed by atoms with Crippen LogP contribution in [0.5, 0.6) is 0 Å². The predicted octanol–water partition coefficient (Wildman–Crippen LogP) is 1.27. The van der Waals surface area contributed by atoms with Crippen LogP contribution in [0.1, 0.15) is 12.8 Å². The molecule has 1 fully saturated rings. The molecular formula is C14H19FN2O3S. The van der Waals surface area contributed by atoms with Crippen LogP contribution < -0.4 is 5.32 Å². The molecule has 0 radical (unpaired) electrons. The molecule has 1 atom stereocenters. The number of rotatable bonds is 5. The topological polar surface area (TPSA) is 66.5 Å². The number of sulfone groups is 1. The number of hydrogen-bond donors (Lipinski definition) is 1. The minimum atomic E-state index is -3.00. The Morgan fingerprint density at radius 2 is 2.14 bits per heavy atom. The molecule has 0 saturated carbocycles. The number of nitrogens with one attached hydrogen (secondary N) is 1. The van der Waals surface area contributed by atoms with Crippen molar-refractivity contribution in [1.29, 1.82) is 0 Å². The zero-order valence-corrected chi connectivity index (χ0v) is 12.7. The number of nitrogens with zero attached hydrogens (tertiary/aromatic N) is 1. The first kappa shape index (κ1) is 15.8. The van der Waals surface area contributed by atoms with Crippen LogP contribution in [0, 0.1) is 5.82 Å². The Bertz CT molecular complexity index is 618. The second kappa shape index (κ2) is 6.43. The van der Waals surface area contributed by atoms with Gasteiger partial charge in [0.2, 0.25) is 5.91 Å². The summed E-state index contributed by atoms with van der Waals surface area (Å²) >= 11 is 0. The normalized spacial score (nSPS) is 20.2. The van der Waals surface area contributed by atoms with Crippen molar-refractivity contribution in [2.45, 2.75) is 18.9 Å². The van der Waals surface area contributed by atoms with E-state index in [-0.39, 0.29) is 35.7 Å². The molecule has 1 unspecified atom stereocenters. The third-order valence-corrected chi connectivity index (χ3v) is 5.43. The van der Waals surface area contributed by atoms with Crippen LogP contribution in [0.2, 0.25) is 0 Å². The summed E-state index contributed by atoms with van der Waals surface area (Å²) in [5, 5.41) is 2.86. The molecule has 7 heteroatoms. The third kappa shape index (κ3) is 4.17. The van der Waals surface area contributed by atoms with E-state index in [1.165, 1.54) is 11.0 Å². The molecule has 1 saturated heterocycles. The van der Waals surface area contributed by atoms with Crippen molar-refractivity contribution < 1.29 is 17.6 Å². The second-order valence-corrected chi connectivity index (χ2v) is 7.45. The Hall–Kier alpha value is -1.63.